The Hall–Kier alpha value is -2.31. The van der Waals surface area contributed by atoms with Gasteiger partial charge in [-0.2, -0.15) is 0 Å². The number of fused-ring (bicyclic) bond motifs is 1. The van der Waals surface area contributed by atoms with Gasteiger partial charge in [0.2, 0.25) is 5.91 Å². The second kappa shape index (κ2) is 7.97. The van der Waals surface area contributed by atoms with Crippen LogP contribution in [0.4, 0.5) is 5.69 Å². The van der Waals surface area contributed by atoms with Crippen molar-refractivity contribution in [2.24, 2.45) is 5.92 Å². The lowest BCUT2D eigenvalue weighted by molar-refractivity contribution is -0.115. The summed E-state index contributed by atoms with van der Waals surface area (Å²) in [6, 6.07) is 15.2. The highest BCUT2D eigenvalue weighted by Gasteiger charge is 2.29. The molecule has 2 aliphatic heterocycles. The topological polar surface area (TPSA) is 69.6 Å². The summed E-state index contributed by atoms with van der Waals surface area (Å²) in [4.78, 5) is 27.7. The molecule has 1 fully saturated rings. The van der Waals surface area contributed by atoms with Crippen LogP contribution in [0, 0.1) is 5.92 Å². The summed E-state index contributed by atoms with van der Waals surface area (Å²) >= 11 is 1.51. The lowest BCUT2D eigenvalue weighted by Gasteiger charge is -2.34. The quantitative estimate of drug-likeness (QED) is 0.830. The molecule has 4 rings (SSSR count). The molecule has 1 saturated heterocycles. The second-order valence-electron chi connectivity index (χ2n) is 7.45. The summed E-state index contributed by atoms with van der Waals surface area (Å²) in [6.45, 7) is 3.13. The number of rotatable bonds is 3. The molecule has 28 heavy (non-hydrogen) atoms. The minimum absolute atomic E-state index is 0.0201. The zero-order chi connectivity index (χ0) is 19.7. The van der Waals surface area contributed by atoms with E-state index in [1.165, 1.54) is 11.8 Å². The molecule has 0 aliphatic carbocycles. The Balaban J connectivity index is 1.41. The Labute approximate surface area is 169 Å². The van der Waals surface area contributed by atoms with Gasteiger partial charge in [-0.05, 0) is 49.4 Å². The minimum atomic E-state index is -0.489. The van der Waals surface area contributed by atoms with Gasteiger partial charge in [0.25, 0.3) is 5.91 Å². The molecule has 0 bridgehead atoms. The van der Waals surface area contributed by atoms with Crippen molar-refractivity contribution in [1.82, 2.24) is 4.90 Å². The number of piperidine rings is 1. The van der Waals surface area contributed by atoms with Crippen molar-refractivity contribution in [3.63, 3.8) is 0 Å². The number of carbonyl (C=O) groups is 2. The second-order valence-corrected chi connectivity index (χ2v) is 8.83. The Morgan fingerprint density at radius 2 is 1.89 bits per heavy atom. The summed E-state index contributed by atoms with van der Waals surface area (Å²) < 4.78 is 0. The number of benzene rings is 2. The predicted molar refractivity (Wildman–Crippen MR) is 110 cm³/mol. The molecular formula is C22H24N2O3S. The van der Waals surface area contributed by atoms with Gasteiger partial charge in [0.15, 0.2) is 0 Å². The number of nitrogens with zero attached hydrogens (tertiary/aromatic N) is 1. The number of hydrogen-bond donors (Lipinski definition) is 2. The maximum Gasteiger partial charge on any atom is 0.253 e. The normalized spacial score (nSPS) is 21.0. The number of carbonyl (C=O) groups excluding carboxylic acids is 2. The smallest absolute Gasteiger partial charge is 0.253 e. The number of hydrogen-bond acceptors (Lipinski definition) is 4. The van der Waals surface area contributed by atoms with E-state index in [1.54, 1.807) is 6.07 Å². The lowest BCUT2D eigenvalue weighted by Crippen LogP contribution is -2.39. The van der Waals surface area contributed by atoms with Crippen LogP contribution < -0.4 is 5.32 Å². The molecule has 2 aliphatic rings. The summed E-state index contributed by atoms with van der Waals surface area (Å²) in [6.07, 6.45) is 1.06. The first kappa shape index (κ1) is 19.0. The third kappa shape index (κ3) is 3.80. The predicted octanol–water partition coefficient (Wildman–Crippen LogP) is 3.71. The fraction of sp³-hybridized carbons (Fsp3) is 0.364. The largest absolute Gasteiger partial charge is 0.388 e. The molecule has 6 heteroatoms. The van der Waals surface area contributed by atoms with Gasteiger partial charge in [0.1, 0.15) is 0 Å². The van der Waals surface area contributed by atoms with E-state index in [9.17, 15) is 14.7 Å². The van der Waals surface area contributed by atoms with Gasteiger partial charge in [-0.1, -0.05) is 30.3 Å². The molecule has 146 valence electrons. The van der Waals surface area contributed by atoms with Gasteiger partial charge in [-0.3, -0.25) is 9.59 Å². The molecule has 2 atom stereocenters. The molecule has 0 aromatic heterocycles. The summed E-state index contributed by atoms with van der Waals surface area (Å²) in [5.41, 5.74) is 2.24. The van der Waals surface area contributed by atoms with Crippen molar-refractivity contribution in [3.05, 3.63) is 59.7 Å². The van der Waals surface area contributed by atoms with Gasteiger partial charge in [0.05, 0.1) is 17.0 Å². The molecule has 2 aromatic carbocycles. The molecule has 5 nitrogen and oxygen atoms in total. The maximum absolute atomic E-state index is 12.9. The van der Waals surface area contributed by atoms with Crippen LogP contribution in [0.1, 0.15) is 41.8 Å². The molecular weight excluding hydrogens is 372 g/mol. The Morgan fingerprint density at radius 1 is 1.18 bits per heavy atom. The third-order valence-corrected chi connectivity index (χ3v) is 6.75. The van der Waals surface area contributed by atoms with Crippen LogP contribution in [-0.4, -0.2) is 40.2 Å². The van der Waals surface area contributed by atoms with E-state index in [2.05, 4.69) is 5.32 Å². The van der Waals surface area contributed by atoms with Crippen molar-refractivity contribution in [3.8, 4) is 0 Å². The van der Waals surface area contributed by atoms with Crippen molar-refractivity contribution in [2.45, 2.75) is 36.0 Å². The van der Waals surface area contributed by atoms with Crippen LogP contribution in [0.2, 0.25) is 0 Å². The number of anilines is 1. The highest BCUT2D eigenvalue weighted by molar-refractivity contribution is 8.00. The summed E-state index contributed by atoms with van der Waals surface area (Å²) in [7, 11) is 0. The van der Waals surface area contributed by atoms with Gasteiger partial charge < -0.3 is 15.3 Å². The fourth-order valence-corrected chi connectivity index (χ4v) is 4.80. The van der Waals surface area contributed by atoms with Gasteiger partial charge in [-0.15, -0.1) is 11.8 Å². The molecule has 0 spiro atoms. The Kier molecular flexibility index (Phi) is 5.42. The van der Waals surface area contributed by atoms with E-state index in [0.717, 1.165) is 23.3 Å². The molecule has 2 N–H and O–H groups in total. The van der Waals surface area contributed by atoms with Crippen molar-refractivity contribution in [2.75, 3.05) is 18.4 Å². The average molecular weight is 397 g/mol. The number of likely N-dealkylation sites (tertiary alicyclic amines) is 1. The number of thioether (sulfide) groups is 1. The standard InChI is InChI=1S/C22H24N2O3S/c1-14-21(26)23-18-13-17(7-8-19(18)28-14)22(27)24-11-9-16(10-12-24)20(25)15-5-3-2-4-6-15/h2-8,13-14,16,20,25H,9-12H2,1H3,(H,23,26). The van der Waals surface area contributed by atoms with Gasteiger partial charge in [0, 0.05) is 23.5 Å². The van der Waals surface area contributed by atoms with Crippen LogP contribution in [0.5, 0.6) is 0 Å². The molecule has 2 unspecified atom stereocenters. The van der Waals surface area contributed by atoms with E-state index < -0.39 is 6.10 Å². The first-order valence-corrected chi connectivity index (χ1v) is 10.5. The zero-order valence-corrected chi connectivity index (χ0v) is 16.6. The zero-order valence-electron chi connectivity index (χ0n) is 15.8. The van der Waals surface area contributed by atoms with Gasteiger partial charge in [-0.25, -0.2) is 0 Å². The van der Waals surface area contributed by atoms with Crippen molar-refractivity contribution < 1.29 is 14.7 Å². The maximum atomic E-state index is 12.9. The molecule has 2 heterocycles. The van der Waals surface area contributed by atoms with Crippen LogP contribution in [0.25, 0.3) is 0 Å². The summed E-state index contributed by atoms with van der Waals surface area (Å²) in [5.74, 6) is 0.110. The Morgan fingerprint density at radius 3 is 2.61 bits per heavy atom. The monoisotopic (exact) mass is 396 g/mol. The highest BCUT2D eigenvalue weighted by atomic mass is 32.2. The molecule has 0 saturated carbocycles. The minimum Gasteiger partial charge on any atom is -0.388 e. The van der Waals surface area contributed by atoms with E-state index in [4.69, 9.17) is 0 Å². The summed E-state index contributed by atoms with van der Waals surface area (Å²) in [5, 5.41) is 13.4. The number of aliphatic hydroxyl groups is 1. The molecule has 2 aromatic rings. The fourth-order valence-electron chi connectivity index (χ4n) is 3.87. The van der Waals surface area contributed by atoms with Crippen LogP contribution in [0.15, 0.2) is 53.4 Å². The van der Waals surface area contributed by atoms with Crippen LogP contribution in [-0.2, 0) is 4.79 Å². The van der Waals surface area contributed by atoms with E-state index in [-0.39, 0.29) is 23.0 Å². The third-order valence-electron chi connectivity index (χ3n) is 5.57. The van der Waals surface area contributed by atoms with Crippen molar-refractivity contribution >= 4 is 29.3 Å². The first-order chi connectivity index (χ1) is 13.5. The van der Waals surface area contributed by atoms with E-state index in [1.807, 2.05) is 54.3 Å². The highest BCUT2D eigenvalue weighted by Crippen LogP contribution is 2.36. The van der Waals surface area contributed by atoms with Crippen LogP contribution in [0.3, 0.4) is 0 Å². The first-order valence-electron chi connectivity index (χ1n) is 9.67. The van der Waals surface area contributed by atoms with Gasteiger partial charge >= 0.3 is 0 Å². The van der Waals surface area contributed by atoms with E-state index in [0.29, 0.717) is 24.3 Å². The molecule has 0 radical (unpaired) electrons. The van der Waals surface area contributed by atoms with Crippen LogP contribution >= 0.6 is 11.8 Å². The molecule has 2 amide bonds. The lowest BCUT2D eigenvalue weighted by atomic mass is 9.87. The van der Waals surface area contributed by atoms with Crippen molar-refractivity contribution in [1.29, 1.82) is 0 Å². The number of nitrogens with one attached hydrogen (secondary N) is 1. The Bertz CT molecular complexity index is 879. The number of aliphatic hydroxyl groups excluding tert-OH is 1. The SMILES string of the molecule is CC1Sc2ccc(C(=O)N3CCC(C(O)c4ccccc4)CC3)cc2NC1=O. The van der Waals surface area contributed by atoms with E-state index >= 15 is 0 Å². The number of amides is 2. The average Bonchev–Trinajstić information content (AvgIpc) is 2.74.